The van der Waals surface area contributed by atoms with Crippen LogP contribution in [0.1, 0.15) is 47.4 Å². The summed E-state index contributed by atoms with van der Waals surface area (Å²) in [5, 5.41) is 15.6. The van der Waals surface area contributed by atoms with Crippen molar-refractivity contribution in [1.29, 1.82) is 0 Å². The number of thioether (sulfide) groups is 1. The van der Waals surface area contributed by atoms with Crippen molar-refractivity contribution in [2.24, 2.45) is 0 Å². The van der Waals surface area contributed by atoms with Crippen molar-refractivity contribution in [3.8, 4) is 0 Å². The van der Waals surface area contributed by atoms with Gasteiger partial charge in [0.1, 0.15) is 5.82 Å². The summed E-state index contributed by atoms with van der Waals surface area (Å²) in [7, 11) is 0. The summed E-state index contributed by atoms with van der Waals surface area (Å²) in [6, 6.07) is 8.04. The molecule has 1 fully saturated rings. The molecule has 26 heavy (non-hydrogen) atoms. The fourth-order valence-electron chi connectivity index (χ4n) is 3.31. The minimum absolute atomic E-state index is 0.00985. The summed E-state index contributed by atoms with van der Waals surface area (Å²) < 4.78 is 2.08. The molecule has 1 aromatic heterocycles. The number of piperidine rings is 1. The molecule has 0 bridgehead atoms. The summed E-state index contributed by atoms with van der Waals surface area (Å²) in [6.07, 6.45) is 2.38. The smallest absolute Gasteiger partial charge is 0.251 e. The van der Waals surface area contributed by atoms with Crippen LogP contribution in [0.4, 0.5) is 0 Å². The van der Waals surface area contributed by atoms with Crippen LogP contribution in [0.15, 0.2) is 29.4 Å². The van der Waals surface area contributed by atoms with Crippen molar-refractivity contribution in [3.63, 3.8) is 0 Å². The lowest BCUT2D eigenvalue weighted by atomic mass is 9.90. The first kappa shape index (κ1) is 18.9. The van der Waals surface area contributed by atoms with Crippen molar-refractivity contribution in [2.75, 3.05) is 25.4 Å². The Morgan fingerprint density at radius 3 is 3.08 bits per heavy atom. The van der Waals surface area contributed by atoms with Crippen LogP contribution in [-0.2, 0) is 6.54 Å². The molecule has 0 unspecified atom stereocenters. The lowest BCUT2D eigenvalue weighted by molar-refractivity contribution is 0.0956. The van der Waals surface area contributed by atoms with Crippen LogP contribution in [0.3, 0.4) is 0 Å². The van der Waals surface area contributed by atoms with Gasteiger partial charge >= 0.3 is 0 Å². The molecule has 0 saturated carbocycles. The maximum absolute atomic E-state index is 12.4. The zero-order chi connectivity index (χ0) is 18.4. The highest BCUT2D eigenvalue weighted by atomic mass is 32.2. The second kappa shape index (κ2) is 9.19. The molecule has 1 saturated heterocycles. The van der Waals surface area contributed by atoms with Gasteiger partial charge in [-0.1, -0.05) is 23.9 Å². The van der Waals surface area contributed by atoms with E-state index in [1.165, 1.54) is 18.4 Å². The Kier molecular flexibility index (Phi) is 6.68. The van der Waals surface area contributed by atoms with E-state index in [1.54, 1.807) is 11.8 Å². The molecule has 0 aliphatic carbocycles. The van der Waals surface area contributed by atoms with E-state index in [2.05, 4.69) is 38.4 Å². The first-order valence-electron chi connectivity index (χ1n) is 9.30. The van der Waals surface area contributed by atoms with Crippen molar-refractivity contribution >= 4 is 17.7 Å². The molecule has 1 amide bonds. The number of nitrogens with zero attached hydrogens (tertiary/aromatic N) is 3. The van der Waals surface area contributed by atoms with Crippen LogP contribution < -0.4 is 10.6 Å². The van der Waals surface area contributed by atoms with E-state index >= 15 is 0 Å². The summed E-state index contributed by atoms with van der Waals surface area (Å²) in [5.41, 5.74) is 2.00. The van der Waals surface area contributed by atoms with Gasteiger partial charge in [0.15, 0.2) is 5.16 Å². The van der Waals surface area contributed by atoms with E-state index in [0.29, 0.717) is 12.5 Å². The van der Waals surface area contributed by atoms with Crippen LogP contribution in [0.2, 0.25) is 0 Å². The molecule has 2 heterocycles. The second-order valence-corrected chi connectivity index (χ2v) is 7.61. The van der Waals surface area contributed by atoms with Gasteiger partial charge in [0.25, 0.3) is 5.91 Å². The SMILES string of the molecule is CCn1c(C)nnc1SCCNC(=O)c1cccc([C@@H]2CCCNC2)c1. The number of carbonyl (C=O) groups excluding carboxylic acids is 1. The molecule has 3 rings (SSSR count). The fraction of sp³-hybridized carbons (Fsp3) is 0.526. The number of hydrogen-bond acceptors (Lipinski definition) is 5. The number of aromatic nitrogens is 3. The number of rotatable bonds is 7. The maximum Gasteiger partial charge on any atom is 0.251 e. The van der Waals surface area contributed by atoms with Crippen molar-refractivity contribution in [3.05, 3.63) is 41.2 Å². The summed E-state index contributed by atoms with van der Waals surface area (Å²) in [5.74, 6) is 2.20. The van der Waals surface area contributed by atoms with Crippen molar-refractivity contribution in [2.45, 2.75) is 44.3 Å². The van der Waals surface area contributed by atoms with Crippen LogP contribution in [0, 0.1) is 6.92 Å². The van der Waals surface area contributed by atoms with Crippen LogP contribution in [0.25, 0.3) is 0 Å². The molecule has 1 atom stereocenters. The molecule has 2 aromatic rings. The summed E-state index contributed by atoms with van der Waals surface area (Å²) >= 11 is 1.62. The molecular formula is C19H27N5OS. The Morgan fingerprint density at radius 1 is 1.42 bits per heavy atom. The molecule has 0 spiro atoms. The van der Waals surface area contributed by atoms with Gasteiger partial charge < -0.3 is 15.2 Å². The number of amides is 1. The third kappa shape index (κ3) is 4.65. The van der Waals surface area contributed by atoms with Crippen LogP contribution in [-0.4, -0.2) is 46.1 Å². The predicted molar refractivity (Wildman–Crippen MR) is 105 cm³/mol. The number of hydrogen-bond donors (Lipinski definition) is 2. The molecular weight excluding hydrogens is 346 g/mol. The minimum Gasteiger partial charge on any atom is -0.351 e. The van der Waals surface area contributed by atoms with Gasteiger partial charge in [-0.2, -0.15) is 0 Å². The van der Waals surface area contributed by atoms with Gasteiger partial charge in [-0.3, -0.25) is 4.79 Å². The number of nitrogens with one attached hydrogen (secondary N) is 2. The first-order valence-corrected chi connectivity index (χ1v) is 10.3. The summed E-state index contributed by atoms with van der Waals surface area (Å²) in [4.78, 5) is 12.4. The highest BCUT2D eigenvalue weighted by molar-refractivity contribution is 7.99. The Bertz CT molecular complexity index is 739. The molecule has 0 radical (unpaired) electrons. The average molecular weight is 374 g/mol. The van der Waals surface area contributed by atoms with E-state index < -0.39 is 0 Å². The van der Waals surface area contributed by atoms with E-state index in [0.717, 1.165) is 41.9 Å². The zero-order valence-electron chi connectivity index (χ0n) is 15.5. The molecule has 2 N–H and O–H groups in total. The van der Waals surface area contributed by atoms with Gasteiger partial charge in [-0.25, -0.2) is 0 Å². The molecule has 140 valence electrons. The normalized spacial score (nSPS) is 17.2. The van der Waals surface area contributed by atoms with Crippen molar-refractivity contribution in [1.82, 2.24) is 25.4 Å². The standard InChI is InChI=1S/C19H27N5OS/c1-3-24-14(2)22-23-19(24)26-11-10-21-18(25)16-7-4-6-15(12-16)17-8-5-9-20-13-17/h4,6-7,12,17,20H,3,5,8-11,13H2,1-2H3,(H,21,25)/t17-/m1/s1. The summed E-state index contributed by atoms with van der Waals surface area (Å²) in [6.45, 7) is 7.59. The lowest BCUT2D eigenvalue weighted by Gasteiger charge is -2.23. The Labute approximate surface area is 159 Å². The third-order valence-corrected chi connectivity index (χ3v) is 5.72. The van der Waals surface area contributed by atoms with Gasteiger partial charge in [0.05, 0.1) is 0 Å². The lowest BCUT2D eigenvalue weighted by Crippen LogP contribution is -2.29. The molecule has 1 aromatic carbocycles. The molecule has 6 nitrogen and oxygen atoms in total. The van der Waals surface area contributed by atoms with Gasteiger partial charge in [0, 0.05) is 31.0 Å². The second-order valence-electron chi connectivity index (χ2n) is 6.55. The monoisotopic (exact) mass is 373 g/mol. The number of aryl methyl sites for hydroxylation is 1. The van der Waals surface area contributed by atoms with Crippen LogP contribution >= 0.6 is 11.8 Å². The zero-order valence-corrected chi connectivity index (χ0v) is 16.3. The van der Waals surface area contributed by atoms with Gasteiger partial charge in [-0.05, 0) is 56.8 Å². The minimum atomic E-state index is -0.00985. The number of benzene rings is 1. The van der Waals surface area contributed by atoms with Crippen LogP contribution in [0.5, 0.6) is 0 Å². The van der Waals surface area contributed by atoms with E-state index in [9.17, 15) is 4.79 Å². The molecule has 1 aliphatic heterocycles. The predicted octanol–water partition coefficient (Wildman–Crippen LogP) is 2.60. The quantitative estimate of drug-likeness (QED) is 0.577. The third-order valence-electron chi connectivity index (χ3n) is 4.75. The molecule has 7 heteroatoms. The topological polar surface area (TPSA) is 71.8 Å². The largest absolute Gasteiger partial charge is 0.351 e. The maximum atomic E-state index is 12.4. The highest BCUT2D eigenvalue weighted by Gasteiger charge is 2.16. The van der Waals surface area contributed by atoms with E-state index in [1.807, 2.05) is 25.1 Å². The average Bonchev–Trinajstić information content (AvgIpc) is 3.05. The molecule has 1 aliphatic rings. The first-order chi connectivity index (χ1) is 12.7. The van der Waals surface area contributed by atoms with Crippen molar-refractivity contribution < 1.29 is 4.79 Å². The van der Waals surface area contributed by atoms with E-state index in [-0.39, 0.29) is 5.91 Å². The van der Waals surface area contributed by atoms with Gasteiger partial charge in [-0.15, -0.1) is 10.2 Å². The van der Waals surface area contributed by atoms with E-state index in [4.69, 9.17) is 0 Å². The highest BCUT2D eigenvalue weighted by Crippen LogP contribution is 2.23. The van der Waals surface area contributed by atoms with Gasteiger partial charge in [0.2, 0.25) is 0 Å². The Morgan fingerprint density at radius 2 is 2.31 bits per heavy atom. The number of carbonyl (C=O) groups is 1. The fourth-order valence-corrected chi connectivity index (χ4v) is 4.21. The Balaban J connectivity index is 1.50. The Hall–Kier alpha value is -1.86.